The molecule has 0 radical (unpaired) electrons. The second kappa shape index (κ2) is 10.3. The van der Waals surface area contributed by atoms with Crippen LogP contribution in [0, 0.1) is 0 Å². The average molecular weight is 473 g/mol. The Morgan fingerprint density at radius 1 is 1.10 bits per heavy atom. The molecule has 1 aromatic heterocycles. The average Bonchev–Trinajstić information content (AvgIpc) is 3.24. The van der Waals surface area contributed by atoms with Crippen LogP contribution in [0.15, 0.2) is 70.1 Å². The van der Waals surface area contributed by atoms with Crippen molar-refractivity contribution < 1.29 is 4.79 Å². The number of thiocarbonyl (C=S) groups is 1. The third-order valence-electron chi connectivity index (χ3n) is 5.27. The van der Waals surface area contributed by atoms with E-state index in [1.807, 2.05) is 42.5 Å². The lowest BCUT2D eigenvalue weighted by Crippen LogP contribution is -2.36. The first-order chi connectivity index (χ1) is 15.1. The van der Waals surface area contributed by atoms with Crippen LogP contribution in [-0.2, 0) is 0 Å². The van der Waals surface area contributed by atoms with Crippen LogP contribution >= 0.6 is 34.7 Å². The van der Waals surface area contributed by atoms with Crippen molar-refractivity contribution in [1.29, 1.82) is 0 Å². The topological polar surface area (TPSA) is 66.1 Å². The molecule has 3 N–H and O–H groups in total. The van der Waals surface area contributed by atoms with Gasteiger partial charge in [-0.15, -0.1) is 0 Å². The molecule has 0 bridgehead atoms. The van der Waals surface area contributed by atoms with Gasteiger partial charge in [-0.25, -0.2) is 0 Å². The number of thiol groups is 1. The summed E-state index contributed by atoms with van der Waals surface area (Å²) in [6, 6.07) is 11.5. The largest absolute Gasteiger partial charge is 0.348 e. The van der Waals surface area contributed by atoms with E-state index in [0.717, 1.165) is 29.1 Å². The van der Waals surface area contributed by atoms with Gasteiger partial charge in [-0.1, -0.05) is 30.9 Å². The molecule has 1 saturated carbocycles. The number of nitrogens with zero attached hydrogens (tertiary/aromatic N) is 1. The summed E-state index contributed by atoms with van der Waals surface area (Å²) in [6.07, 6.45) is 9.48. The molecule has 0 saturated heterocycles. The van der Waals surface area contributed by atoms with Crippen LogP contribution in [0.25, 0.3) is 0 Å². The van der Waals surface area contributed by atoms with Crippen molar-refractivity contribution in [3.05, 3.63) is 75.9 Å². The molecular formula is C23H25ClN4OS2. The smallest absolute Gasteiger partial charge is 0.270 e. The highest BCUT2D eigenvalue weighted by molar-refractivity contribution is 8.22. The van der Waals surface area contributed by atoms with Crippen LogP contribution < -0.4 is 16.0 Å². The fourth-order valence-corrected chi connectivity index (χ4v) is 5.72. The molecule has 31 heavy (non-hydrogen) atoms. The molecule has 1 aliphatic carbocycles. The molecule has 1 aromatic carbocycles. The Kier molecular flexibility index (Phi) is 7.27. The van der Waals surface area contributed by atoms with Gasteiger partial charge in [0.25, 0.3) is 5.91 Å². The molecule has 1 fully saturated rings. The van der Waals surface area contributed by atoms with Gasteiger partial charge in [0, 0.05) is 28.6 Å². The number of allylic oxidation sites excluding steroid dienone is 1. The van der Waals surface area contributed by atoms with Crippen LogP contribution in [0.3, 0.4) is 0 Å². The van der Waals surface area contributed by atoms with Crippen molar-refractivity contribution in [2.45, 2.75) is 43.0 Å². The molecule has 1 unspecified atom stereocenters. The Morgan fingerprint density at radius 2 is 1.87 bits per heavy atom. The molecule has 0 spiro atoms. The lowest BCUT2D eigenvalue weighted by atomic mass is 9.95. The Hall–Kier alpha value is -2.35. The summed E-state index contributed by atoms with van der Waals surface area (Å²) in [7, 11) is -0.664. The number of aromatic nitrogens is 1. The van der Waals surface area contributed by atoms with Crippen LogP contribution in [0.4, 0.5) is 5.69 Å². The molecule has 2 aliphatic rings. The highest BCUT2D eigenvalue weighted by Crippen LogP contribution is 2.43. The van der Waals surface area contributed by atoms with Gasteiger partial charge in [0.15, 0.2) is 5.11 Å². The first kappa shape index (κ1) is 21.9. The van der Waals surface area contributed by atoms with E-state index in [1.54, 1.807) is 6.20 Å². The molecule has 1 atom stereocenters. The van der Waals surface area contributed by atoms with Gasteiger partial charge in [-0.05, 0) is 83.2 Å². The summed E-state index contributed by atoms with van der Waals surface area (Å²) >= 11 is 11.3. The highest BCUT2D eigenvalue weighted by Gasteiger charge is 2.18. The molecule has 1 aliphatic heterocycles. The van der Waals surface area contributed by atoms with E-state index < -0.39 is 10.9 Å². The van der Waals surface area contributed by atoms with Crippen molar-refractivity contribution in [1.82, 2.24) is 15.6 Å². The van der Waals surface area contributed by atoms with Crippen LogP contribution in [-0.4, -0.2) is 22.0 Å². The number of carbonyl (C=O) groups excluding carboxylic acids is 1. The minimum atomic E-state index is -0.664. The highest BCUT2D eigenvalue weighted by atomic mass is 35.5. The van der Waals surface area contributed by atoms with E-state index in [9.17, 15) is 4.79 Å². The zero-order valence-corrected chi connectivity index (χ0v) is 19.4. The van der Waals surface area contributed by atoms with Gasteiger partial charge >= 0.3 is 0 Å². The maximum absolute atomic E-state index is 12.6. The van der Waals surface area contributed by atoms with Crippen molar-refractivity contribution in [3.8, 4) is 0 Å². The monoisotopic (exact) mass is 472 g/mol. The first-order valence-corrected chi connectivity index (χ1v) is 12.6. The molecule has 8 heteroatoms. The van der Waals surface area contributed by atoms with Gasteiger partial charge in [-0.3, -0.25) is 9.78 Å². The maximum atomic E-state index is 12.6. The summed E-state index contributed by atoms with van der Waals surface area (Å²) in [5.41, 5.74) is 2.28. The third-order valence-corrected chi connectivity index (χ3v) is 7.62. The predicted octanol–water partition coefficient (Wildman–Crippen LogP) is 5.51. The Morgan fingerprint density at radius 3 is 2.65 bits per heavy atom. The summed E-state index contributed by atoms with van der Waals surface area (Å²) in [6.45, 7) is 0. The lowest BCUT2D eigenvalue weighted by molar-refractivity contribution is 0.0922. The van der Waals surface area contributed by atoms with E-state index in [4.69, 9.17) is 23.8 Å². The summed E-state index contributed by atoms with van der Waals surface area (Å²) < 4.78 is 0. The second-order valence-electron chi connectivity index (χ2n) is 7.60. The fourth-order valence-electron chi connectivity index (χ4n) is 3.67. The molecule has 4 rings (SSSR count). The number of anilines is 1. The van der Waals surface area contributed by atoms with E-state index in [0.29, 0.717) is 15.8 Å². The number of hydrogen-bond donors (Lipinski definition) is 4. The maximum Gasteiger partial charge on any atom is 0.270 e. The van der Waals surface area contributed by atoms with E-state index in [-0.39, 0.29) is 11.9 Å². The van der Waals surface area contributed by atoms with Crippen LogP contribution in [0.5, 0.6) is 0 Å². The lowest BCUT2D eigenvalue weighted by Gasteiger charge is -2.22. The summed E-state index contributed by atoms with van der Waals surface area (Å²) in [4.78, 5) is 18.0. The Labute approximate surface area is 195 Å². The standard InChI is InChI=1S/C23H25ClN4OS2/c24-16-6-8-18(9-7-16)27-23(30)28-19-11-13-31(15-19)20-10-12-25-21(14-20)22(29)26-17-4-2-1-3-5-17/h6-15,17,31H,1-5H2,(H,26,29)(H2,27,28,30). The number of carbonyl (C=O) groups is 1. The Balaban J connectivity index is 1.36. The zero-order valence-electron chi connectivity index (χ0n) is 17.0. The minimum Gasteiger partial charge on any atom is -0.348 e. The SMILES string of the molecule is O=C(NC1CCCCC1)c1cc([SH]2C=CC(NC(=S)Nc3ccc(Cl)cc3)=C2)ccn1. The third kappa shape index (κ3) is 6.09. The van der Waals surface area contributed by atoms with E-state index in [1.165, 1.54) is 19.3 Å². The number of nitrogens with one attached hydrogen (secondary N) is 3. The number of hydrogen-bond acceptors (Lipinski definition) is 3. The number of halogens is 1. The van der Waals surface area contributed by atoms with Crippen molar-refractivity contribution in [3.63, 3.8) is 0 Å². The molecule has 162 valence electrons. The van der Waals surface area contributed by atoms with Gasteiger partial charge in [0.2, 0.25) is 0 Å². The quantitative estimate of drug-likeness (QED) is 0.341. The molecule has 1 amide bonds. The summed E-state index contributed by atoms with van der Waals surface area (Å²) in [5, 5.41) is 15.0. The van der Waals surface area contributed by atoms with Crippen molar-refractivity contribution in [2.24, 2.45) is 0 Å². The number of benzene rings is 1. The van der Waals surface area contributed by atoms with Crippen molar-refractivity contribution >= 4 is 51.4 Å². The van der Waals surface area contributed by atoms with E-state index >= 15 is 0 Å². The summed E-state index contributed by atoms with van der Waals surface area (Å²) in [5.74, 6) is -0.0809. The fraction of sp³-hybridized carbons (Fsp3) is 0.261. The second-order valence-corrected chi connectivity index (χ2v) is 10.3. The van der Waals surface area contributed by atoms with E-state index in [2.05, 4.69) is 31.8 Å². The minimum absolute atomic E-state index is 0.0809. The Bertz CT molecular complexity index is 1020. The van der Waals surface area contributed by atoms with Crippen LogP contribution in [0.2, 0.25) is 5.02 Å². The number of rotatable bonds is 5. The number of pyridine rings is 1. The number of amides is 1. The molecule has 5 nitrogen and oxygen atoms in total. The van der Waals surface area contributed by atoms with Gasteiger partial charge in [-0.2, -0.15) is 10.9 Å². The zero-order chi connectivity index (χ0) is 21.6. The van der Waals surface area contributed by atoms with Gasteiger partial charge in [0.05, 0.1) is 0 Å². The molecule has 2 heterocycles. The molecular weight excluding hydrogens is 448 g/mol. The normalized spacial score (nSPS) is 19.5. The van der Waals surface area contributed by atoms with Gasteiger partial charge in [0.1, 0.15) is 5.69 Å². The predicted molar refractivity (Wildman–Crippen MR) is 134 cm³/mol. The molecule has 2 aromatic rings. The first-order valence-electron chi connectivity index (χ1n) is 10.4. The van der Waals surface area contributed by atoms with Crippen molar-refractivity contribution in [2.75, 3.05) is 5.32 Å². The van der Waals surface area contributed by atoms with Gasteiger partial charge < -0.3 is 16.0 Å². The van der Waals surface area contributed by atoms with Crippen LogP contribution in [0.1, 0.15) is 42.6 Å².